The van der Waals surface area contributed by atoms with Crippen molar-refractivity contribution in [2.24, 2.45) is 0 Å². The van der Waals surface area contributed by atoms with Crippen LogP contribution in [0.1, 0.15) is 31.1 Å². The number of benzene rings is 2. The summed E-state index contributed by atoms with van der Waals surface area (Å²) in [5, 5.41) is 9.87. The minimum absolute atomic E-state index is 0.0162. The van der Waals surface area contributed by atoms with Crippen LogP contribution in [-0.4, -0.2) is 38.5 Å². The van der Waals surface area contributed by atoms with Crippen LogP contribution in [0.4, 0.5) is 0 Å². The molecule has 0 saturated heterocycles. The van der Waals surface area contributed by atoms with Gasteiger partial charge in [-0.3, -0.25) is 4.79 Å². The smallest absolute Gasteiger partial charge is 0.303 e. The minimum Gasteiger partial charge on any atom is -0.504 e. The molecule has 0 aliphatic heterocycles. The lowest BCUT2D eigenvalue weighted by molar-refractivity contribution is -0.151. The molecule has 30 heavy (non-hydrogen) atoms. The Morgan fingerprint density at radius 2 is 1.67 bits per heavy atom. The highest BCUT2D eigenvalue weighted by atomic mass is 16.6. The van der Waals surface area contributed by atoms with Gasteiger partial charge in [0, 0.05) is 12.5 Å². The maximum Gasteiger partial charge on any atom is 0.303 e. The number of ether oxygens (including phenoxy) is 5. The van der Waals surface area contributed by atoms with Gasteiger partial charge in [-0.05, 0) is 43.2 Å². The minimum atomic E-state index is -0.765. The molecular formula is C23H28O7. The molecule has 2 atom stereocenters. The van der Waals surface area contributed by atoms with Gasteiger partial charge < -0.3 is 28.8 Å². The molecule has 0 radical (unpaired) electrons. The Morgan fingerprint density at radius 1 is 1.07 bits per heavy atom. The third kappa shape index (κ3) is 5.37. The molecule has 0 aromatic heterocycles. The van der Waals surface area contributed by atoms with Gasteiger partial charge in [0.15, 0.2) is 29.1 Å². The second-order valence-electron chi connectivity index (χ2n) is 6.61. The van der Waals surface area contributed by atoms with E-state index in [2.05, 4.69) is 6.58 Å². The van der Waals surface area contributed by atoms with Gasteiger partial charge in [0.05, 0.1) is 21.3 Å². The number of hydrogen-bond acceptors (Lipinski definition) is 7. The fraction of sp³-hybridized carbons (Fsp3) is 0.348. The normalized spacial score (nSPS) is 12.4. The van der Waals surface area contributed by atoms with Gasteiger partial charge in [-0.25, -0.2) is 0 Å². The second kappa shape index (κ2) is 10.4. The first-order valence-corrected chi connectivity index (χ1v) is 9.41. The van der Waals surface area contributed by atoms with E-state index in [9.17, 15) is 9.90 Å². The van der Waals surface area contributed by atoms with E-state index >= 15 is 0 Å². The first-order valence-electron chi connectivity index (χ1n) is 9.41. The number of rotatable bonds is 10. The first kappa shape index (κ1) is 22.9. The van der Waals surface area contributed by atoms with Crippen molar-refractivity contribution in [2.45, 2.75) is 32.5 Å². The van der Waals surface area contributed by atoms with Crippen molar-refractivity contribution >= 4 is 5.97 Å². The number of hydrogen-bond donors (Lipinski definition) is 1. The lowest BCUT2D eigenvalue weighted by Gasteiger charge is -2.27. The summed E-state index contributed by atoms with van der Waals surface area (Å²) in [6.07, 6.45) is 1.05. The molecule has 0 spiro atoms. The Bertz CT molecular complexity index is 866. The molecule has 162 valence electrons. The second-order valence-corrected chi connectivity index (χ2v) is 6.61. The summed E-state index contributed by atoms with van der Waals surface area (Å²) in [5.74, 6) is 1.15. The maximum absolute atomic E-state index is 11.8. The van der Waals surface area contributed by atoms with Gasteiger partial charge in [-0.1, -0.05) is 12.1 Å². The quantitative estimate of drug-likeness (QED) is 0.459. The van der Waals surface area contributed by atoms with Gasteiger partial charge in [-0.15, -0.1) is 6.58 Å². The third-order valence-corrected chi connectivity index (χ3v) is 4.46. The number of carbonyl (C=O) groups excluding carboxylic acids is 1. The van der Waals surface area contributed by atoms with Crippen molar-refractivity contribution in [1.29, 1.82) is 0 Å². The van der Waals surface area contributed by atoms with Gasteiger partial charge in [0.25, 0.3) is 0 Å². The Balaban J connectivity index is 2.43. The average Bonchev–Trinajstić information content (AvgIpc) is 2.73. The molecule has 0 saturated carbocycles. The summed E-state index contributed by atoms with van der Waals surface area (Å²) in [6.45, 7) is 6.84. The molecule has 0 aliphatic rings. The highest BCUT2D eigenvalue weighted by molar-refractivity contribution is 5.66. The average molecular weight is 416 g/mol. The zero-order valence-corrected chi connectivity index (χ0v) is 17.9. The van der Waals surface area contributed by atoms with Gasteiger partial charge >= 0.3 is 5.97 Å². The van der Waals surface area contributed by atoms with Crippen molar-refractivity contribution < 1.29 is 33.6 Å². The summed E-state index contributed by atoms with van der Waals surface area (Å²) in [7, 11) is 4.52. The van der Waals surface area contributed by atoms with Crippen molar-refractivity contribution in [2.75, 3.05) is 21.3 Å². The van der Waals surface area contributed by atoms with E-state index in [0.29, 0.717) is 29.2 Å². The van der Waals surface area contributed by atoms with E-state index in [1.807, 2.05) is 12.1 Å². The van der Waals surface area contributed by atoms with E-state index in [-0.39, 0.29) is 11.5 Å². The number of phenolic OH excluding ortho intramolecular Hbond substituents is 1. The molecule has 7 heteroatoms. The molecule has 0 amide bonds. The predicted octanol–water partition coefficient (Wildman–Crippen LogP) is 4.22. The fourth-order valence-electron chi connectivity index (χ4n) is 3.07. The summed E-state index contributed by atoms with van der Waals surface area (Å²) in [5.41, 5.74) is 1.56. The highest BCUT2D eigenvalue weighted by Gasteiger charge is 2.28. The monoisotopic (exact) mass is 416 g/mol. The van der Waals surface area contributed by atoms with Crippen LogP contribution < -0.4 is 18.9 Å². The topological polar surface area (TPSA) is 83.5 Å². The van der Waals surface area contributed by atoms with Crippen LogP contribution in [0.15, 0.2) is 43.0 Å². The van der Waals surface area contributed by atoms with Crippen LogP contribution in [0.25, 0.3) is 0 Å². The van der Waals surface area contributed by atoms with Crippen LogP contribution in [0.5, 0.6) is 28.7 Å². The van der Waals surface area contributed by atoms with E-state index in [1.54, 1.807) is 39.4 Å². The number of methoxy groups -OCH3 is 3. The van der Waals surface area contributed by atoms with E-state index in [1.165, 1.54) is 20.1 Å². The molecule has 2 aromatic carbocycles. The van der Waals surface area contributed by atoms with Crippen molar-refractivity contribution in [3.8, 4) is 28.7 Å². The number of phenols is 1. The molecular weight excluding hydrogens is 388 g/mol. The Labute approximate surface area is 176 Å². The van der Waals surface area contributed by atoms with Crippen molar-refractivity contribution in [3.05, 3.63) is 54.1 Å². The number of aromatic hydroxyl groups is 1. The number of esters is 1. The van der Waals surface area contributed by atoms with Crippen LogP contribution in [-0.2, 0) is 16.0 Å². The SMILES string of the molecule is C=CCc1cc(OC)c(OC(C)C(OC(C)=O)c2ccc(O)c(OC)c2)c(OC)c1. The molecule has 0 fully saturated rings. The maximum atomic E-state index is 11.8. The van der Waals surface area contributed by atoms with Crippen LogP contribution >= 0.6 is 0 Å². The summed E-state index contributed by atoms with van der Waals surface area (Å²) >= 11 is 0. The Morgan fingerprint density at radius 3 is 2.17 bits per heavy atom. The summed E-state index contributed by atoms with van der Waals surface area (Å²) in [4.78, 5) is 11.8. The third-order valence-electron chi connectivity index (χ3n) is 4.46. The van der Waals surface area contributed by atoms with Crippen LogP contribution in [0.2, 0.25) is 0 Å². The molecule has 0 heterocycles. The summed E-state index contributed by atoms with van der Waals surface area (Å²) in [6, 6.07) is 8.41. The number of allylic oxidation sites excluding steroid dienone is 1. The lowest BCUT2D eigenvalue weighted by atomic mass is 10.0. The standard InChI is InChI=1S/C23H28O7/c1-7-8-16-11-20(27-5)23(21(12-16)28-6)29-14(2)22(30-15(3)24)17-9-10-18(25)19(13-17)26-4/h7,9-14,22,25H,1,8H2,2-6H3. The van der Waals surface area contributed by atoms with Gasteiger partial charge in [0.1, 0.15) is 6.10 Å². The molecule has 2 unspecified atom stereocenters. The molecule has 0 aliphatic carbocycles. The Hall–Kier alpha value is -3.35. The van der Waals surface area contributed by atoms with Crippen LogP contribution in [0, 0.1) is 0 Å². The fourth-order valence-corrected chi connectivity index (χ4v) is 3.07. The lowest BCUT2D eigenvalue weighted by Crippen LogP contribution is -2.26. The molecule has 2 rings (SSSR count). The highest BCUT2D eigenvalue weighted by Crippen LogP contribution is 2.41. The summed E-state index contributed by atoms with van der Waals surface area (Å²) < 4.78 is 27.8. The number of carbonyl (C=O) groups is 1. The zero-order valence-electron chi connectivity index (χ0n) is 17.9. The van der Waals surface area contributed by atoms with E-state index in [4.69, 9.17) is 23.7 Å². The van der Waals surface area contributed by atoms with Crippen molar-refractivity contribution in [3.63, 3.8) is 0 Å². The predicted molar refractivity (Wildman–Crippen MR) is 113 cm³/mol. The van der Waals surface area contributed by atoms with E-state index in [0.717, 1.165) is 5.56 Å². The van der Waals surface area contributed by atoms with Gasteiger partial charge in [-0.2, -0.15) is 0 Å². The molecule has 7 nitrogen and oxygen atoms in total. The zero-order chi connectivity index (χ0) is 22.3. The Kier molecular flexibility index (Phi) is 7.98. The molecule has 2 aromatic rings. The first-order chi connectivity index (χ1) is 14.3. The largest absolute Gasteiger partial charge is 0.504 e. The van der Waals surface area contributed by atoms with Crippen molar-refractivity contribution in [1.82, 2.24) is 0 Å². The molecule has 0 bridgehead atoms. The van der Waals surface area contributed by atoms with E-state index < -0.39 is 18.2 Å². The van der Waals surface area contributed by atoms with Crippen LogP contribution in [0.3, 0.4) is 0 Å². The van der Waals surface area contributed by atoms with Gasteiger partial charge in [0.2, 0.25) is 5.75 Å². The molecule has 1 N–H and O–H groups in total.